The quantitative estimate of drug-likeness (QED) is 0.184. The number of aromatic nitrogens is 2. The van der Waals surface area contributed by atoms with Gasteiger partial charge in [0.05, 0.1) is 11.4 Å². The van der Waals surface area contributed by atoms with Crippen LogP contribution in [0.15, 0.2) is 174 Å². The fraction of sp³-hybridized carbons (Fsp3) is 0.0588. The van der Waals surface area contributed by atoms with E-state index in [4.69, 9.17) is 14.4 Å². The Hall–Kier alpha value is -6.84. The number of hydrogen-bond acceptors (Lipinski definition) is 3. The van der Waals surface area contributed by atoms with E-state index in [0.29, 0.717) is 5.82 Å². The second kappa shape index (κ2) is 11.6. The van der Waals surface area contributed by atoms with Crippen molar-refractivity contribution in [1.29, 1.82) is 0 Å². The number of rotatable bonds is 4. The van der Waals surface area contributed by atoms with Gasteiger partial charge in [0.25, 0.3) is 0 Å². The largest absolute Gasteiger partial charge is 0.456 e. The zero-order valence-electron chi connectivity index (χ0n) is 30.0. The first kappa shape index (κ1) is 30.8. The maximum Gasteiger partial charge on any atom is 0.160 e. The Balaban J connectivity index is 1.15. The van der Waals surface area contributed by atoms with Gasteiger partial charge in [0.2, 0.25) is 0 Å². The van der Waals surface area contributed by atoms with Crippen molar-refractivity contribution in [3.05, 3.63) is 181 Å². The lowest BCUT2D eigenvalue weighted by Gasteiger charge is -2.22. The van der Waals surface area contributed by atoms with Crippen molar-refractivity contribution in [1.82, 2.24) is 9.97 Å². The Labute approximate surface area is 313 Å². The first-order chi connectivity index (χ1) is 26.5. The minimum Gasteiger partial charge on any atom is -0.456 e. The zero-order valence-corrected chi connectivity index (χ0v) is 30.0. The molecule has 8 aromatic carbocycles. The lowest BCUT2D eigenvalue weighted by molar-refractivity contribution is 0.661. The number of furan rings is 1. The van der Waals surface area contributed by atoms with Crippen molar-refractivity contribution in [3.63, 3.8) is 0 Å². The lowest BCUT2D eigenvalue weighted by atomic mass is 9.81. The lowest BCUT2D eigenvalue weighted by Crippen LogP contribution is -2.14. The molecule has 1 aliphatic carbocycles. The summed E-state index contributed by atoms with van der Waals surface area (Å²) in [6.07, 6.45) is 0. The second-order valence-electron chi connectivity index (χ2n) is 14.9. The van der Waals surface area contributed by atoms with Crippen molar-refractivity contribution < 1.29 is 4.42 Å². The molecule has 0 spiro atoms. The molecule has 10 aromatic rings. The molecule has 0 unspecified atom stereocenters. The van der Waals surface area contributed by atoms with Gasteiger partial charge >= 0.3 is 0 Å². The molecule has 3 heteroatoms. The molecule has 2 heterocycles. The van der Waals surface area contributed by atoms with Gasteiger partial charge in [-0.15, -0.1) is 0 Å². The molecule has 0 radical (unpaired) electrons. The molecule has 0 fully saturated rings. The molecule has 0 aliphatic heterocycles. The molecule has 0 bridgehead atoms. The van der Waals surface area contributed by atoms with E-state index in [1.807, 2.05) is 18.2 Å². The van der Waals surface area contributed by atoms with Gasteiger partial charge in [0, 0.05) is 32.9 Å². The zero-order chi connectivity index (χ0) is 36.0. The van der Waals surface area contributed by atoms with Crippen LogP contribution in [0.5, 0.6) is 0 Å². The van der Waals surface area contributed by atoms with Crippen LogP contribution in [0.25, 0.3) is 99.6 Å². The third-order valence-corrected chi connectivity index (χ3v) is 11.5. The molecule has 54 heavy (non-hydrogen) atoms. The summed E-state index contributed by atoms with van der Waals surface area (Å²) in [5, 5.41) is 7.07. The molecule has 3 nitrogen and oxygen atoms in total. The molecule has 11 rings (SSSR count). The third kappa shape index (κ3) is 4.55. The van der Waals surface area contributed by atoms with E-state index in [1.54, 1.807) is 0 Å². The Morgan fingerprint density at radius 3 is 1.85 bits per heavy atom. The summed E-state index contributed by atoms with van der Waals surface area (Å²) < 4.78 is 6.30. The second-order valence-corrected chi connectivity index (χ2v) is 14.9. The first-order valence-electron chi connectivity index (χ1n) is 18.6. The van der Waals surface area contributed by atoms with Gasteiger partial charge < -0.3 is 4.42 Å². The summed E-state index contributed by atoms with van der Waals surface area (Å²) in [6.45, 7) is 4.69. The fourth-order valence-corrected chi connectivity index (χ4v) is 8.88. The molecule has 2 aromatic heterocycles. The standard InChI is InChI=1S/C51H34N2O/c1-51(2)42-23-12-22-39(48(42)41-28-32-16-6-7-17-33(32)29-43(41)51)45-30-44(52-50(53-45)31-14-4-3-5-15-31)37-27-26-36(34-18-8-9-19-35(34)37)38-21-13-25-47-49(38)40-20-10-11-24-46(40)54-47/h3-30H,1-2H3. The van der Waals surface area contributed by atoms with Crippen LogP contribution in [0.4, 0.5) is 0 Å². The monoisotopic (exact) mass is 690 g/mol. The van der Waals surface area contributed by atoms with Gasteiger partial charge in [-0.05, 0) is 85.3 Å². The van der Waals surface area contributed by atoms with Crippen LogP contribution in [-0.4, -0.2) is 9.97 Å². The van der Waals surface area contributed by atoms with E-state index < -0.39 is 0 Å². The molecule has 0 atom stereocenters. The van der Waals surface area contributed by atoms with Crippen LogP contribution in [0.1, 0.15) is 25.0 Å². The number of benzene rings is 8. The van der Waals surface area contributed by atoms with Crippen molar-refractivity contribution in [2.24, 2.45) is 0 Å². The highest BCUT2D eigenvalue weighted by molar-refractivity contribution is 6.16. The summed E-state index contributed by atoms with van der Waals surface area (Å²) in [7, 11) is 0. The molecule has 0 saturated carbocycles. The topological polar surface area (TPSA) is 38.9 Å². The summed E-state index contributed by atoms with van der Waals surface area (Å²) in [6, 6.07) is 60.5. The molecular formula is C51H34N2O. The van der Waals surface area contributed by atoms with Crippen LogP contribution >= 0.6 is 0 Å². The first-order valence-corrected chi connectivity index (χ1v) is 18.6. The Bertz CT molecular complexity index is 3130. The summed E-state index contributed by atoms with van der Waals surface area (Å²) in [5.74, 6) is 0.708. The third-order valence-electron chi connectivity index (χ3n) is 11.5. The summed E-state index contributed by atoms with van der Waals surface area (Å²) in [5.41, 5.74) is 14.1. The van der Waals surface area contributed by atoms with E-state index in [2.05, 4.69) is 166 Å². The number of nitrogens with zero attached hydrogens (tertiary/aromatic N) is 2. The van der Waals surface area contributed by atoms with Crippen LogP contribution < -0.4 is 0 Å². The minimum absolute atomic E-state index is 0.155. The smallest absolute Gasteiger partial charge is 0.160 e. The Kier molecular flexibility index (Phi) is 6.60. The normalized spacial score (nSPS) is 13.1. The van der Waals surface area contributed by atoms with Gasteiger partial charge in [-0.2, -0.15) is 0 Å². The van der Waals surface area contributed by atoms with Crippen molar-refractivity contribution >= 4 is 43.5 Å². The number of fused-ring (bicyclic) bond motifs is 8. The van der Waals surface area contributed by atoms with Crippen molar-refractivity contribution in [3.8, 4) is 56.2 Å². The van der Waals surface area contributed by atoms with Gasteiger partial charge in [-0.25, -0.2) is 9.97 Å². The van der Waals surface area contributed by atoms with Crippen molar-refractivity contribution in [2.45, 2.75) is 19.3 Å². The van der Waals surface area contributed by atoms with E-state index >= 15 is 0 Å². The van der Waals surface area contributed by atoms with E-state index in [0.717, 1.165) is 71.9 Å². The highest BCUT2D eigenvalue weighted by Gasteiger charge is 2.37. The van der Waals surface area contributed by atoms with Gasteiger partial charge in [-0.3, -0.25) is 0 Å². The maximum atomic E-state index is 6.30. The van der Waals surface area contributed by atoms with Crippen LogP contribution in [0, 0.1) is 0 Å². The average molecular weight is 691 g/mol. The van der Waals surface area contributed by atoms with Gasteiger partial charge in [0.15, 0.2) is 5.82 Å². The van der Waals surface area contributed by atoms with E-state index in [9.17, 15) is 0 Å². The molecule has 254 valence electrons. The highest BCUT2D eigenvalue weighted by atomic mass is 16.3. The predicted molar refractivity (Wildman–Crippen MR) is 224 cm³/mol. The van der Waals surface area contributed by atoms with Gasteiger partial charge in [0.1, 0.15) is 11.2 Å². The van der Waals surface area contributed by atoms with E-state index in [-0.39, 0.29) is 5.41 Å². The highest BCUT2D eigenvalue weighted by Crippen LogP contribution is 2.53. The predicted octanol–water partition coefficient (Wildman–Crippen LogP) is 13.7. The Morgan fingerprint density at radius 2 is 1.04 bits per heavy atom. The average Bonchev–Trinajstić information content (AvgIpc) is 3.71. The minimum atomic E-state index is -0.155. The van der Waals surface area contributed by atoms with Crippen LogP contribution in [0.3, 0.4) is 0 Å². The van der Waals surface area contributed by atoms with E-state index in [1.165, 1.54) is 33.0 Å². The SMILES string of the molecule is CC1(C)c2cc3ccccc3cc2-c2c(-c3cc(-c4ccc(-c5cccc6oc7ccccc7c56)c5ccccc45)nc(-c4ccccc4)n3)cccc21. The van der Waals surface area contributed by atoms with Gasteiger partial charge in [-0.1, -0.05) is 153 Å². The molecule has 0 saturated heterocycles. The Morgan fingerprint density at radius 1 is 0.426 bits per heavy atom. The molecule has 1 aliphatic rings. The number of para-hydroxylation sites is 1. The fourth-order valence-electron chi connectivity index (χ4n) is 8.88. The summed E-state index contributed by atoms with van der Waals surface area (Å²) in [4.78, 5) is 10.7. The molecular weight excluding hydrogens is 657 g/mol. The molecule has 0 amide bonds. The van der Waals surface area contributed by atoms with Crippen molar-refractivity contribution in [2.75, 3.05) is 0 Å². The summed E-state index contributed by atoms with van der Waals surface area (Å²) >= 11 is 0. The maximum absolute atomic E-state index is 6.30. The number of hydrogen-bond donors (Lipinski definition) is 0. The van der Waals surface area contributed by atoms with Crippen LogP contribution in [-0.2, 0) is 5.41 Å². The molecule has 0 N–H and O–H groups in total. The van der Waals surface area contributed by atoms with Crippen LogP contribution in [0.2, 0.25) is 0 Å².